The number of benzene rings is 1. The molecule has 2 aromatic rings. The first kappa shape index (κ1) is 15.1. The number of carbonyl (C=O) groups excluding carboxylic acids is 1. The Kier molecular flexibility index (Phi) is 4.47. The predicted octanol–water partition coefficient (Wildman–Crippen LogP) is 2.51. The Morgan fingerprint density at radius 3 is 2.91 bits per heavy atom. The minimum Gasteiger partial charge on any atom is -0.342 e. The number of aromatic nitrogens is 3. The van der Waals surface area contributed by atoms with Crippen LogP contribution in [0.1, 0.15) is 18.4 Å². The Morgan fingerprint density at radius 1 is 1.32 bits per heavy atom. The van der Waals surface area contributed by atoms with E-state index >= 15 is 0 Å². The third-order valence-electron chi connectivity index (χ3n) is 3.87. The molecule has 0 atom stereocenters. The van der Waals surface area contributed by atoms with E-state index in [2.05, 4.69) is 29.3 Å². The maximum atomic E-state index is 11.6. The molecule has 1 aliphatic heterocycles. The molecule has 0 unspecified atom stereocenters. The largest absolute Gasteiger partial charge is 0.342 e. The van der Waals surface area contributed by atoms with Gasteiger partial charge >= 0.3 is 0 Å². The number of hydrogen-bond acceptors (Lipinski definition) is 4. The summed E-state index contributed by atoms with van der Waals surface area (Å²) in [5.74, 6) is 2.01. The van der Waals surface area contributed by atoms with Crippen LogP contribution in [0, 0.1) is 6.92 Å². The van der Waals surface area contributed by atoms with E-state index in [1.807, 2.05) is 28.6 Å². The lowest BCUT2D eigenvalue weighted by molar-refractivity contribution is -0.127. The van der Waals surface area contributed by atoms with Crippen molar-refractivity contribution in [1.82, 2.24) is 19.7 Å². The van der Waals surface area contributed by atoms with Crippen molar-refractivity contribution < 1.29 is 4.79 Å². The second-order valence-corrected chi connectivity index (χ2v) is 6.63. The molecule has 1 amide bonds. The number of carbonyl (C=O) groups is 1. The van der Waals surface area contributed by atoms with Crippen molar-refractivity contribution in [3.63, 3.8) is 0 Å². The minimum atomic E-state index is 0.277. The maximum Gasteiger partial charge on any atom is 0.222 e. The molecule has 1 saturated heterocycles. The summed E-state index contributed by atoms with van der Waals surface area (Å²) in [6.45, 7) is 3.76. The fourth-order valence-corrected chi connectivity index (χ4v) is 3.54. The van der Waals surface area contributed by atoms with Crippen LogP contribution in [0.25, 0.3) is 11.4 Å². The molecule has 2 heterocycles. The van der Waals surface area contributed by atoms with E-state index in [4.69, 9.17) is 0 Å². The summed E-state index contributed by atoms with van der Waals surface area (Å²) in [5.41, 5.74) is 2.29. The van der Waals surface area contributed by atoms with Crippen LogP contribution in [-0.4, -0.2) is 44.4 Å². The third-order valence-corrected chi connectivity index (χ3v) is 4.88. The fraction of sp³-hybridized carbons (Fsp3) is 0.438. The molecule has 1 aromatic heterocycles. The van der Waals surface area contributed by atoms with Crippen molar-refractivity contribution in [3.05, 3.63) is 29.8 Å². The highest BCUT2D eigenvalue weighted by Crippen LogP contribution is 2.23. The summed E-state index contributed by atoms with van der Waals surface area (Å²) in [7, 11) is 1.99. The highest BCUT2D eigenvalue weighted by molar-refractivity contribution is 7.99. The summed E-state index contributed by atoms with van der Waals surface area (Å²) < 4.78 is 2.02. The lowest BCUT2D eigenvalue weighted by Crippen LogP contribution is -2.26. The summed E-state index contributed by atoms with van der Waals surface area (Å²) >= 11 is 1.65. The summed E-state index contributed by atoms with van der Waals surface area (Å²) in [6, 6.07) is 8.27. The molecule has 1 aliphatic rings. The molecule has 1 fully saturated rings. The maximum absolute atomic E-state index is 11.6. The van der Waals surface area contributed by atoms with Crippen molar-refractivity contribution in [3.8, 4) is 11.4 Å². The first-order valence-electron chi connectivity index (χ1n) is 7.52. The minimum absolute atomic E-state index is 0.277. The van der Waals surface area contributed by atoms with E-state index in [1.54, 1.807) is 11.8 Å². The Balaban J connectivity index is 1.64. The average Bonchev–Trinajstić information content (AvgIpc) is 3.06. The lowest BCUT2D eigenvalue weighted by atomic mass is 10.1. The second kappa shape index (κ2) is 6.52. The zero-order valence-electron chi connectivity index (χ0n) is 13.0. The molecule has 3 rings (SSSR count). The molecule has 0 saturated carbocycles. The van der Waals surface area contributed by atoms with Gasteiger partial charge < -0.3 is 9.47 Å². The van der Waals surface area contributed by atoms with E-state index in [-0.39, 0.29) is 5.91 Å². The zero-order valence-corrected chi connectivity index (χ0v) is 13.8. The van der Waals surface area contributed by atoms with Crippen molar-refractivity contribution in [2.75, 3.05) is 18.8 Å². The van der Waals surface area contributed by atoms with Crippen LogP contribution in [0.15, 0.2) is 29.4 Å². The van der Waals surface area contributed by atoms with Crippen LogP contribution in [0.5, 0.6) is 0 Å². The zero-order chi connectivity index (χ0) is 15.5. The van der Waals surface area contributed by atoms with Gasteiger partial charge in [0.15, 0.2) is 11.0 Å². The Hall–Kier alpha value is -1.82. The summed E-state index contributed by atoms with van der Waals surface area (Å²) in [5, 5.41) is 9.47. The standard InChI is InChI=1S/C16H20N4OS/c1-12-5-3-6-13(11-12)15-17-18-16(19(15)2)22-10-9-20-8-4-7-14(20)21/h3,5-6,11H,4,7-10H2,1-2H3. The molecule has 0 aliphatic carbocycles. The van der Waals surface area contributed by atoms with Crippen molar-refractivity contribution in [1.29, 1.82) is 0 Å². The van der Waals surface area contributed by atoms with Crippen LogP contribution in [0.4, 0.5) is 0 Å². The van der Waals surface area contributed by atoms with Gasteiger partial charge in [-0.15, -0.1) is 10.2 Å². The van der Waals surface area contributed by atoms with E-state index in [1.165, 1.54) is 5.56 Å². The molecule has 22 heavy (non-hydrogen) atoms. The number of nitrogens with zero attached hydrogens (tertiary/aromatic N) is 4. The van der Waals surface area contributed by atoms with Gasteiger partial charge in [-0.1, -0.05) is 35.5 Å². The van der Waals surface area contributed by atoms with E-state index in [9.17, 15) is 4.79 Å². The highest BCUT2D eigenvalue weighted by atomic mass is 32.2. The van der Waals surface area contributed by atoms with Gasteiger partial charge in [0, 0.05) is 37.9 Å². The second-order valence-electron chi connectivity index (χ2n) is 5.57. The molecule has 5 nitrogen and oxygen atoms in total. The van der Waals surface area contributed by atoms with Gasteiger partial charge in [0.1, 0.15) is 0 Å². The molecule has 0 N–H and O–H groups in total. The molecule has 0 spiro atoms. The van der Waals surface area contributed by atoms with Crippen LogP contribution < -0.4 is 0 Å². The highest BCUT2D eigenvalue weighted by Gasteiger charge is 2.20. The van der Waals surface area contributed by atoms with Gasteiger partial charge in [-0.25, -0.2) is 0 Å². The number of hydrogen-bond donors (Lipinski definition) is 0. The van der Waals surface area contributed by atoms with Gasteiger partial charge in [-0.05, 0) is 19.4 Å². The molecule has 0 radical (unpaired) electrons. The first-order chi connectivity index (χ1) is 10.6. The molecule has 116 valence electrons. The molecule has 1 aromatic carbocycles. The van der Waals surface area contributed by atoms with Crippen LogP contribution in [-0.2, 0) is 11.8 Å². The van der Waals surface area contributed by atoms with E-state index < -0.39 is 0 Å². The van der Waals surface area contributed by atoms with Crippen LogP contribution in [0.3, 0.4) is 0 Å². The monoisotopic (exact) mass is 316 g/mol. The third kappa shape index (κ3) is 3.16. The van der Waals surface area contributed by atoms with Crippen molar-refractivity contribution in [2.24, 2.45) is 7.05 Å². The van der Waals surface area contributed by atoms with Crippen molar-refractivity contribution in [2.45, 2.75) is 24.9 Å². The number of amides is 1. The summed E-state index contributed by atoms with van der Waals surface area (Å²) in [4.78, 5) is 13.5. The Bertz CT molecular complexity index is 683. The number of thioether (sulfide) groups is 1. The number of rotatable bonds is 5. The molecular formula is C16H20N4OS. The predicted molar refractivity (Wildman–Crippen MR) is 87.7 cm³/mol. The Labute approximate surface area is 134 Å². The average molecular weight is 316 g/mol. The van der Waals surface area contributed by atoms with Crippen molar-refractivity contribution >= 4 is 17.7 Å². The van der Waals surface area contributed by atoms with E-state index in [0.29, 0.717) is 6.42 Å². The molecule has 6 heteroatoms. The van der Waals surface area contributed by atoms with Crippen LogP contribution >= 0.6 is 11.8 Å². The smallest absolute Gasteiger partial charge is 0.222 e. The van der Waals surface area contributed by atoms with Crippen LogP contribution in [0.2, 0.25) is 0 Å². The number of likely N-dealkylation sites (tertiary alicyclic amines) is 1. The van der Waals surface area contributed by atoms with Gasteiger partial charge in [-0.3, -0.25) is 4.79 Å². The lowest BCUT2D eigenvalue weighted by Gasteiger charge is -2.14. The normalized spacial score (nSPS) is 14.8. The quantitative estimate of drug-likeness (QED) is 0.795. The first-order valence-corrected chi connectivity index (χ1v) is 8.51. The SMILES string of the molecule is Cc1cccc(-c2nnc(SCCN3CCCC3=O)n2C)c1. The van der Waals surface area contributed by atoms with Gasteiger partial charge in [0.05, 0.1) is 0 Å². The van der Waals surface area contributed by atoms with E-state index in [0.717, 1.165) is 41.8 Å². The van der Waals surface area contributed by atoms with Gasteiger partial charge in [0.25, 0.3) is 0 Å². The molecular weight excluding hydrogens is 296 g/mol. The fourth-order valence-electron chi connectivity index (χ4n) is 2.66. The number of aryl methyl sites for hydroxylation is 1. The Morgan fingerprint density at radius 2 is 2.18 bits per heavy atom. The summed E-state index contributed by atoms with van der Waals surface area (Å²) in [6.07, 6.45) is 1.69. The van der Waals surface area contributed by atoms with Gasteiger partial charge in [-0.2, -0.15) is 0 Å². The van der Waals surface area contributed by atoms with Gasteiger partial charge in [0.2, 0.25) is 5.91 Å². The molecule has 0 bridgehead atoms. The topological polar surface area (TPSA) is 51.0 Å².